The minimum atomic E-state index is 0.250. The summed E-state index contributed by atoms with van der Waals surface area (Å²) in [5.74, 6) is 1.51. The first-order chi connectivity index (χ1) is 8.24. The van der Waals surface area contributed by atoms with E-state index in [2.05, 4.69) is 26.9 Å². The Bertz CT molecular complexity index is 524. The van der Waals surface area contributed by atoms with Crippen molar-refractivity contribution < 1.29 is 0 Å². The molecule has 88 valence electrons. The number of aromatic nitrogens is 4. The van der Waals surface area contributed by atoms with Crippen LogP contribution in [0.3, 0.4) is 0 Å². The Morgan fingerprint density at radius 2 is 1.94 bits per heavy atom. The summed E-state index contributed by atoms with van der Waals surface area (Å²) in [6.07, 6.45) is 3.35. The lowest BCUT2D eigenvalue weighted by Gasteiger charge is -2.06. The van der Waals surface area contributed by atoms with Gasteiger partial charge in [-0.1, -0.05) is 19.9 Å². The normalized spacial score (nSPS) is 10.5. The van der Waals surface area contributed by atoms with E-state index in [9.17, 15) is 0 Å². The standard InChI is InChI=1S/C12H15N5/c1-3-8-6-5-7-14-10(8)11-15-9(4-2)16-12(13)17-11/h5-7H,3-4H2,1-2H3,(H2,13,15,16,17). The predicted molar refractivity (Wildman–Crippen MR) is 66.2 cm³/mol. The zero-order valence-corrected chi connectivity index (χ0v) is 10.0. The minimum Gasteiger partial charge on any atom is -0.368 e. The highest BCUT2D eigenvalue weighted by molar-refractivity contribution is 5.55. The van der Waals surface area contributed by atoms with Gasteiger partial charge in [0.15, 0.2) is 5.82 Å². The number of hydrogen-bond acceptors (Lipinski definition) is 5. The topological polar surface area (TPSA) is 77.6 Å². The van der Waals surface area contributed by atoms with Gasteiger partial charge in [-0.15, -0.1) is 0 Å². The molecule has 0 aliphatic carbocycles. The Labute approximate surface area is 100 Å². The third-order valence-corrected chi connectivity index (χ3v) is 2.50. The van der Waals surface area contributed by atoms with E-state index < -0.39 is 0 Å². The van der Waals surface area contributed by atoms with Crippen molar-refractivity contribution in [1.29, 1.82) is 0 Å². The van der Waals surface area contributed by atoms with Crippen molar-refractivity contribution in [3.63, 3.8) is 0 Å². The van der Waals surface area contributed by atoms with Crippen LogP contribution in [0.1, 0.15) is 25.2 Å². The lowest BCUT2D eigenvalue weighted by atomic mass is 10.1. The van der Waals surface area contributed by atoms with E-state index in [1.165, 1.54) is 0 Å². The van der Waals surface area contributed by atoms with E-state index in [-0.39, 0.29) is 5.95 Å². The van der Waals surface area contributed by atoms with Crippen LogP contribution in [0, 0.1) is 0 Å². The molecule has 0 aliphatic heterocycles. The van der Waals surface area contributed by atoms with Gasteiger partial charge in [0.1, 0.15) is 11.5 Å². The first-order valence-corrected chi connectivity index (χ1v) is 5.69. The van der Waals surface area contributed by atoms with E-state index in [1.807, 2.05) is 19.1 Å². The van der Waals surface area contributed by atoms with Gasteiger partial charge in [-0.2, -0.15) is 9.97 Å². The molecule has 0 atom stereocenters. The molecule has 0 saturated heterocycles. The molecule has 0 bridgehead atoms. The fourth-order valence-electron chi connectivity index (χ4n) is 1.63. The van der Waals surface area contributed by atoms with E-state index in [1.54, 1.807) is 6.20 Å². The Hall–Kier alpha value is -2.04. The SMILES string of the molecule is CCc1nc(N)nc(-c2ncccc2CC)n1. The Kier molecular flexibility index (Phi) is 3.27. The van der Waals surface area contributed by atoms with Crippen LogP contribution in [0.4, 0.5) is 5.95 Å². The summed E-state index contributed by atoms with van der Waals surface area (Å²) in [4.78, 5) is 16.9. The summed E-state index contributed by atoms with van der Waals surface area (Å²) >= 11 is 0. The first-order valence-electron chi connectivity index (χ1n) is 5.69. The molecule has 17 heavy (non-hydrogen) atoms. The van der Waals surface area contributed by atoms with Gasteiger partial charge in [0.25, 0.3) is 0 Å². The van der Waals surface area contributed by atoms with Crippen molar-refractivity contribution in [2.45, 2.75) is 26.7 Å². The van der Waals surface area contributed by atoms with Crippen LogP contribution in [-0.2, 0) is 12.8 Å². The molecule has 0 unspecified atom stereocenters. The fraction of sp³-hybridized carbons (Fsp3) is 0.333. The Morgan fingerprint density at radius 1 is 1.12 bits per heavy atom. The molecule has 2 aromatic heterocycles. The molecule has 0 radical (unpaired) electrons. The predicted octanol–water partition coefficient (Wildman–Crippen LogP) is 1.64. The molecule has 2 rings (SSSR count). The van der Waals surface area contributed by atoms with Crippen LogP contribution in [-0.4, -0.2) is 19.9 Å². The van der Waals surface area contributed by atoms with E-state index >= 15 is 0 Å². The van der Waals surface area contributed by atoms with Gasteiger partial charge in [-0.05, 0) is 18.1 Å². The molecule has 0 fully saturated rings. The molecule has 5 heteroatoms. The molecule has 5 nitrogen and oxygen atoms in total. The second-order valence-electron chi connectivity index (χ2n) is 3.65. The molecular formula is C12H15N5. The minimum absolute atomic E-state index is 0.250. The number of nitrogens with zero attached hydrogens (tertiary/aromatic N) is 4. The second-order valence-corrected chi connectivity index (χ2v) is 3.65. The average Bonchev–Trinajstić information content (AvgIpc) is 2.37. The summed E-state index contributed by atoms with van der Waals surface area (Å²) < 4.78 is 0. The van der Waals surface area contributed by atoms with Gasteiger partial charge < -0.3 is 5.73 Å². The molecule has 2 aromatic rings. The quantitative estimate of drug-likeness (QED) is 0.865. The number of nitrogens with two attached hydrogens (primary N) is 1. The van der Waals surface area contributed by atoms with Crippen molar-refractivity contribution in [3.05, 3.63) is 29.7 Å². The molecule has 0 spiro atoms. The van der Waals surface area contributed by atoms with Gasteiger partial charge in [0, 0.05) is 12.6 Å². The van der Waals surface area contributed by atoms with Crippen LogP contribution in [0.2, 0.25) is 0 Å². The van der Waals surface area contributed by atoms with E-state index in [0.717, 1.165) is 24.1 Å². The zero-order chi connectivity index (χ0) is 12.3. The highest BCUT2D eigenvalue weighted by Crippen LogP contribution is 2.18. The number of rotatable bonds is 3. The molecule has 0 aromatic carbocycles. The number of nitrogen functional groups attached to an aromatic ring is 1. The summed E-state index contributed by atoms with van der Waals surface area (Å²) in [6, 6.07) is 3.93. The van der Waals surface area contributed by atoms with Gasteiger partial charge in [-0.25, -0.2) is 4.98 Å². The van der Waals surface area contributed by atoms with E-state index in [0.29, 0.717) is 11.6 Å². The molecule has 0 aliphatic rings. The van der Waals surface area contributed by atoms with Gasteiger partial charge in [0.05, 0.1) is 0 Å². The van der Waals surface area contributed by atoms with Crippen LogP contribution in [0.5, 0.6) is 0 Å². The maximum absolute atomic E-state index is 5.67. The van der Waals surface area contributed by atoms with Crippen molar-refractivity contribution in [2.24, 2.45) is 0 Å². The maximum atomic E-state index is 5.67. The first kappa shape index (κ1) is 11.4. The van der Waals surface area contributed by atoms with Gasteiger partial charge in [0.2, 0.25) is 5.95 Å². The zero-order valence-electron chi connectivity index (χ0n) is 10.0. The van der Waals surface area contributed by atoms with Crippen molar-refractivity contribution in [3.8, 4) is 11.5 Å². The van der Waals surface area contributed by atoms with Crippen LogP contribution in [0.15, 0.2) is 18.3 Å². The van der Waals surface area contributed by atoms with Crippen molar-refractivity contribution >= 4 is 5.95 Å². The monoisotopic (exact) mass is 229 g/mol. The van der Waals surface area contributed by atoms with Crippen LogP contribution < -0.4 is 5.73 Å². The third kappa shape index (κ3) is 2.38. The number of anilines is 1. The highest BCUT2D eigenvalue weighted by atomic mass is 15.1. The largest absolute Gasteiger partial charge is 0.368 e. The van der Waals surface area contributed by atoms with Crippen molar-refractivity contribution in [2.75, 3.05) is 5.73 Å². The second kappa shape index (κ2) is 4.86. The number of pyridine rings is 1. The molecular weight excluding hydrogens is 214 g/mol. The van der Waals surface area contributed by atoms with Crippen LogP contribution >= 0.6 is 0 Å². The van der Waals surface area contributed by atoms with E-state index in [4.69, 9.17) is 5.73 Å². The summed E-state index contributed by atoms with van der Waals surface area (Å²) in [5.41, 5.74) is 7.58. The third-order valence-electron chi connectivity index (χ3n) is 2.50. The number of hydrogen-bond donors (Lipinski definition) is 1. The molecule has 2 N–H and O–H groups in total. The molecule has 0 amide bonds. The molecule has 2 heterocycles. The summed E-state index contributed by atoms with van der Waals surface area (Å²) in [5, 5.41) is 0. The lowest BCUT2D eigenvalue weighted by Crippen LogP contribution is -2.06. The fourth-order valence-corrected chi connectivity index (χ4v) is 1.63. The molecule has 0 saturated carbocycles. The van der Waals surface area contributed by atoms with Crippen LogP contribution in [0.25, 0.3) is 11.5 Å². The smallest absolute Gasteiger partial charge is 0.223 e. The highest BCUT2D eigenvalue weighted by Gasteiger charge is 2.10. The maximum Gasteiger partial charge on any atom is 0.223 e. The summed E-state index contributed by atoms with van der Waals surface area (Å²) in [7, 11) is 0. The lowest BCUT2D eigenvalue weighted by molar-refractivity contribution is 0.906. The number of aryl methyl sites for hydroxylation is 2. The van der Waals surface area contributed by atoms with Gasteiger partial charge in [-0.3, -0.25) is 4.98 Å². The summed E-state index contributed by atoms with van der Waals surface area (Å²) in [6.45, 7) is 4.06. The Morgan fingerprint density at radius 3 is 2.65 bits per heavy atom. The van der Waals surface area contributed by atoms with Crippen molar-refractivity contribution in [1.82, 2.24) is 19.9 Å². The average molecular weight is 229 g/mol. The Balaban J connectivity index is 2.55. The van der Waals surface area contributed by atoms with Gasteiger partial charge >= 0.3 is 0 Å².